The van der Waals surface area contributed by atoms with Crippen LogP contribution in [0.5, 0.6) is 17.2 Å². The summed E-state index contributed by atoms with van der Waals surface area (Å²) in [5.74, 6) is 2.67. The van der Waals surface area contributed by atoms with Gasteiger partial charge in [-0.25, -0.2) is 4.31 Å². The van der Waals surface area contributed by atoms with Crippen molar-refractivity contribution in [2.24, 2.45) is 0 Å². The first kappa shape index (κ1) is 28.8. The number of anilines is 1. The largest absolute Gasteiger partial charge is 0.497 e. The van der Waals surface area contributed by atoms with Crippen LogP contribution in [0.25, 0.3) is 0 Å². The number of methoxy groups -OCH3 is 2. The summed E-state index contributed by atoms with van der Waals surface area (Å²) in [7, 11) is 5.59. The average molecular weight is 601 g/mol. The van der Waals surface area contributed by atoms with Gasteiger partial charge in [-0.1, -0.05) is 41.9 Å². The van der Waals surface area contributed by atoms with Crippen LogP contribution in [-0.4, -0.2) is 38.7 Å². The molecule has 42 heavy (non-hydrogen) atoms. The van der Waals surface area contributed by atoms with Gasteiger partial charge < -0.3 is 19.1 Å². The highest BCUT2D eigenvalue weighted by Gasteiger charge is 2.41. The van der Waals surface area contributed by atoms with Crippen molar-refractivity contribution in [3.05, 3.63) is 112 Å². The number of fused-ring (bicyclic) bond motifs is 3. The van der Waals surface area contributed by atoms with Gasteiger partial charge in [0.05, 0.1) is 26.5 Å². The number of aryl methyl sites for hydroxylation is 1. The highest BCUT2D eigenvalue weighted by Crippen LogP contribution is 2.45. The van der Waals surface area contributed by atoms with Crippen LogP contribution in [0, 0.1) is 0 Å². The van der Waals surface area contributed by atoms with Gasteiger partial charge in [-0.05, 0) is 108 Å². The van der Waals surface area contributed by atoms with Gasteiger partial charge in [0, 0.05) is 42.0 Å². The maximum Gasteiger partial charge on any atom is 0.142 e. The summed E-state index contributed by atoms with van der Waals surface area (Å²) in [5, 5.41) is 0.812. The van der Waals surface area contributed by atoms with Gasteiger partial charge in [-0.15, -0.1) is 0 Å². The molecule has 4 aromatic carbocycles. The Labute approximate surface area is 258 Å². The number of ether oxygens (including phenoxy) is 3. The molecule has 218 valence electrons. The molecule has 0 aromatic heterocycles. The Bertz CT molecular complexity index is 1480. The summed E-state index contributed by atoms with van der Waals surface area (Å²) in [6.45, 7) is 3.15. The van der Waals surface area contributed by atoms with Crippen LogP contribution in [0.3, 0.4) is 0 Å². The highest BCUT2D eigenvalue weighted by atomic mass is 35.5. The summed E-state index contributed by atoms with van der Waals surface area (Å²) in [5.41, 5.74) is 6.29. The molecule has 5 nitrogen and oxygen atoms in total. The van der Waals surface area contributed by atoms with Gasteiger partial charge in [0.25, 0.3) is 0 Å². The zero-order valence-corrected chi connectivity index (χ0v) is 26.0. The number of rotatable bonds is 8. The molecule has 0 amide bonds. The maximum absolute atomic E-state index is 6.57. The number of likely N-dealkylation sites (N-methyl/N-ethyl adjacent to an activating group) is 1. The van der Waals surface area contributed by atoms with E-state index in [4.69, 9.17) is 25.8 Å². The van der Waals surface area contributed by atoms with Crippen LogP contribution in [0.4, 0.5) is 5.69 Å². The van der Waals surface area contributed by atoms with Gasteiger partial charge in [0.15, 0.2) is 0 Å². The first-order valence-corrected chi connectivity index (χ1v) is 15.6. The Morgan fingerprint density at radius 3 is 2.19 bits per heavy atom. The molecular weight excluding hydrogens is 564 g/mol. The van der Waals surface area contributed by atoms with Crippen molar-refractivity contribution in [2.75, 3.05) is 39.3 Å². The lowest BCUT2D eigenvalue weighted by atomic mass is 9.70. The van der Waals surface area contributed by atoms with Crippen molar-refractivity contribution in [3.63, 3.8) is 0 Å². The van der Waals surface area contributed by atoms with Gasteiger partial charge in [-0.3, -0.25) is 0 Å². The van der Waals surface area contributed by atoms with Crippen LogP contribution in [-0.2, 0) is 24.9 Å². The van der Waals surface area contributed by atoms with E-state index >= 15 is 0 Å². The first-order valence-electron chi connectivity index (χ1n) is 14.4. The Hall–Kier alpha value is -3.32. The third-order valence-corrected chi connectivity index (χ3v) is 9.61. The second-order valence-electron chi connectivity index (χ2n) is 11.3. The van der Waals surface area contributed by atoms with Crippen LogP contribution >= 0.6 is 23.5 Å². The molecule has 0 radical (unpaired) electrons. The second-order valence-corrected chi connectivity index (χ2v) is 12.9. The molecule has 0 unspecified atom stereocenters. The summed E-state index contributed by atoms with van der Waals surface area (Å²) >= 11 is 8.14. The van der Waals surface area contributed by atoms with E-state index in [1.807, 2.05) is 30.3 Å². The minimum atomic E-state index is -0.0476. The molecule has 4 aromatic rings. The number of hydrogen-bond acceptors (Lipinski definition) is 6. The van der Waals surface area contributed by atoms with E-state index in [-0.39, 0.29) is 5.41 Å². The van der Waals surface area contributed by atoms with E-state index in [1.54, 1.807) is 26.2 Å². The Morgan fingerprint density at radius 1 is 0.881 bits per heavy atom. The molecule has 2 aliphatic rings. The molecule has 0 N–H and O–H groups in total. The third-order valence-electron chi connectivity index (χ3n) is 8.40. The van der Waals surface area contributed by atoms with E-state index in [0.717, 1.165) is 66.9 Å². The highest BCUT2D eigenvalue weighted by molar-refractivity contribution is 7.97. The summed E-state index contributed by atoms with van der Waals surface area (Å²) in [4.78, 5) is 3.56. The van der Waals surface area contributed by atoms with Gasteiger partial charge in [-0.2, -0.15) is 0 Å². The lowest BCUT2D eigenvalue weighted by Gasteiger charge is -2.39. The Kier molecular flexibility index (Phi) is 8.57. The maximum atomic E-state index is 6.57. The van der Waals surface area contributed by atoms with Gasteiger partial charge >= 0.3 is 0 Å². The van der Waals surface area contributed by atoms with Crippen LogP contribution in [0.2, 0.25) is 5.02 Å². The zero-order chi connectivity index (χ0) is 29.1. The van der Waals surface area contributed by atoms with Crippen molar-refractivity contribution >= 4 is 29.2 Å². The number of nitrogens with zero attached hydrogens (tertiary/aromatic N) is 2. The fourth-order valence-electron chi connectivity index (χ4n) is 6.27. The van der Waals surface area contributed by atoms with Crippen molar-refractivity contribution in [2.45, 2.75) is 42.7 Å². The van der Waals surface area contributed by atoms with Crippen molar-refractivity contribution < 1.29 is 14.2 Å². The molecule has 1 heterocycles. The van der Waals surface area contributed by atoms with E-state index in [2.05, 4.69) is 70.9 Å². The van der Waals surface area contributed by atoms with Crippen LogP contribution in [0.15, 0.2) is 89.8 Å². The Balaban J connectivity index is 1.25. The predicted octanol–water partition coefficient (Wildman–Crippen LogP) is 8.17. The van der Waals surface area contributed by atoms with Crippen LogP contribution in [0.1, 0.15) is 35.1 Å². The molecule has 1 spiro atoms. The lowest BCUT2D eigenvalue weighted by molar-refractivity contribution is 0.207. The SMILES string of the molecule is COc1ccc(CN(Cc2ccc(OC)cc2)Sc2ccc3c(c2)N(C)C[C@@]2(CCCc4cc(Cl)ccc42)CO3)cc1. The smallest absolute Gasteiger partial charge is 0.142 e. The summed E-state index contributed by atoms with van der Waals surface area (Å²) in [6.07, 6.45) is 3.33. The van der Waals surface area contributed by atoms with Crippen molar-refractivity contribution in [1.82, 2.24) is 4.31 Å². The molecular formula is C35H37ClN2O3S. The molecule has 6 rings (SSSR count). The monoisotopic (exact) mass is 600 g/mol. The van der Waals surface area contributed by atoms with Crippen molar-refractivity contribution in [1.29, 1.82) is 0 Å². The van der Waals surface area contributed by atoms with Gasteiger partial charge in [0.2, 0.25) is 0 Å². The number of benzene rings is 4. The fourth-order valence-corrected chi connectivity index (χ4v) is 7.48. The standard InChI is InChI=1S/C35H37ClN2O3S/c1-37-23-35(18-4-5-27-19-28(36)10-16-32(27)35)24-41-34-17-15-31(20-33(34)37)42-38(21-25-6-11-29(39-2)12-7-25)22-26-8-13-30(40-3)14-9-26/h6-17,19-20H,4-5,18,21-24H2,1-3H3/t35-/m0/s1. The normalized spacial score (nSPS) is 17.8. The predicted molar refractivity (Wildman–Crippen MR) is 172 cm³/mol. The molecule has 1 atom stereocenters. The molecule has 1 aliphatic carbocycles. The Morgan fingerprint density at radius 2 is 1.55 bits per heavy atom. The second kappa shape index (κ2) is 12.5. The van der Waals surface area contributed by atoms with E-state index in [0.29, 0.717) is 6.61 Å². The van der Waals surface area contributed by atoms with E-state index < -0.39 is 0 Å². The van der Waals surface area contributed by atoms with Crippen molar-refractivity contribution in [3.8, 4) is 17.2 Å². The minimum absolute atomic E-state index is 0.0476. The summed E-state index contributed by atoms with van der Waals surface area (Å²) < 4.78 is 19.7. The third kappa shape index (κ3) is 6.22. The molecule has 0 saturated heterocycles. The lowest BCUT2D eigenvalue weighted by Crippen LogP contribution is -2.44. The average Bonchev–Trinajstić information content (AvgIpc) is 3.14. The number of hydrogen-bond donors (Lipinski definition) is 0. The zero-order valence-electron chi connectivity index (χ0n) is 24.4. The molecule has 0 saturated carbocycles. The minimum Gasteiger partial charge on any atom is -0.497 e. The first-order chi connectivity index (χ1) is 20.4. The fraction of sp³-hybridized carbons (Fsp3) is 0.314. The quantitative estimate of drug-likeness (QED) is 0.190. The molecule has 7 heteroatoms. The topological polar surface area (TPSA) is 34.2 Å². The molecule has 0 fully saturated rings. The van der Waals surface area contributed by atoms with E-state index in [9.17, 15) is 0 Å². The van der Waals surface area contributed by atoms with Crippen LogP contribution < -0.4 is 19.1 Å². The number of halogens is 1. The molecule has 1 aliphatic heterocycles. The van der Waals surface area contributed by atoms with Gasteiger partial charge in [0.1, 0.15) is 17.2 Å². The summed E-state index contributed by atoms with van der Waals surface area (Å²) in [6, 6.07) is 29.6. The van der Waals surface area contributed by atoms with E-state index in [1.165, 1.54) is 27.1 Å². The molecule has 0 bridgehead atoms.